The number of rotatable bonds is 1. The van der Waals surface area contributed by atoms with Gasteiger partial charge in [-0.05, 0) is 17.5 Å². The summed E-state index contributed by atoms with van der Waals surface area (Å²) in [6.07, 6.45) is 0.779. The Bertz CT molecular complexity index is 324. The van der Waals surface area contributed by atoms with Crippen LogP contribution in [0.1, 0.15) is 17.0 Å². The number of carbonyl (C=O) groups excluding carboxylic acids is 1. The fraction of sp³-hybridized carbons (Fsp3) is 0.222. The average molecular weight is 148 g/mol. The van der Waals surface area contributed by atoms with Gasteiger partial charge in [0.2, 0.25) is 5.91 Å². The van der Waals surface area contributed by atoms with Crippen LogP contribution in [0.15, 0.2) is 24.3 Å². The summed E-state index contributed by atoms with van der Waals surface area (Å²) in [6, 6.07) is 7.84. The Morgan fingerprint density at radius 1 is 1.64 bits per heavy atom. The highest BCUT2D eigenvalue weighted by Crippen LogP contribution is 2.33. The molecule has 1 amide bonds. The smallest absolute Gasteiger partial charge is 0.225 e. The van der Waals surface area contributed by atoms with Crippen molar-refractivity contribution in [2.75, 3.05) is 0 Å². The largest absolute Gasteiger partial charge is 0.369 e. The molecule has 0 heterocycles. The molecule has 56 valence electrons. The molecule has 2 rings (SSSR count). The number of fused-ring (bicyclic) bond motifs is 1. The van der Waals surface area contributed by atoms with E-state index in [1.54, 1.807) is 0 Å². The van der Waals surface area contributed by atoms with Crippen molar-refractivity contribution in [2.45, 2.75) is 12.3 Å². The summed E-state index contributed by atoms with van der Waals surface area (Å²) in [5.41, 5.74) is 4.22. The van der Waals surface area contributed by atoms with Gasteiger partial charge in [0.05, 0.1) is 5.92 Å². The van der Waals surface area contributed by atoms with Gasteiger partial charge >= 0.3 is 0 Å². The summed E-state index contributed by atoms with van der Waals surface area (Å²) >= 11 is 0. The van der Waals surface area contributed by atoms with Crippen LogP contribution in [-0.2, 0) is 11.2 Å². The molecule has 0 saturated carbocycles. The van der Waals surface area contributed by atoms with Gasteiger partial charge in [0, 0.05) is 0 Å². The van der Waals surface area contributed by atoms with Crippen molar-refractivity contribution in [3.8, 4) is 0 Å². The first-order valence-electron chi connectivity index (χ1n) is 4.12. The van der Waals surface area contributed by atoms with E-state index >= 15 is 0 Å². The van der Waals surface area contributed by atoms with Crippen molar-refractivity contribution in [2.24, 2.45) is 5.73 Å². The number of benzene rings is 1. The highest BCUT2D eigenvalue weighted by molar-refractivity contribution is 5.85. The van der Waals surface area contributed by atoms with E-state index in [2.05, 4.69) is 0 Å². The van der Waals surface area contributed by atoms with Gasteiger partial charge in [0.15, 0.2) is 1.41 Å². The molecule has 0 aromatic heterocycles. The number of hydrogen-bond acceptors (Lipinski definition) is 1. The molecule has 1 unspecified atom stereocenters. The van der Waals surface area contributed by atoms with E-state index in [9.17, 15) is 4.79 Å². The van der Waals surface area contributed by atoms with E-state index < -0.39 is 0 Å². The molecular weight excluding hydrogens is 138 g/mol. The topological polar surface area (TPSA) is 43.1 Å². The Balaban J connectivity index is 2.25. The number of hydrogen-bond donors (Lipinski definition) is 1. The zero-order valence-corrected chi connectivity index (χ0v) is 6.00. The van der Waals surface area contributed by atoms with Crippen LogP contribution in [0.25, 0.3) is 0 Å². The number of nitrogens with two attached hydrogens (primary N) is 1. The van der Waals surface area contributed by atoms with E-state index in [0.717, 1.165) is 12.0 Å². The minimum absolute atomic E-state index is 0.0845. The Hall–Kier alpha value is -1.31. The number of amides is 1. The molecule has 1 aromatic rings. The van der Waals surface area contributed by atoms with Crippen molar-refractivity contribution >= 4 is 5.91 Å². The Morgan fingerprint density at radius 2 is 2.45 bits per heavy atom. The van der Waals surface area contributed by atoms with Crippen LogP contribution < -0.4 is 5.73 Å². The third kappa shape index (κ3) is 0.827. The molecule has 0 bridgehead atoms. The molecule has 1 aliphatic rings. The molecule has 11 heavy (non-hydrogen) atoms. The lowest BCUT2D eigenvalue weighted by Crippen LogP contribution is -2.30. The van der Waals surface area contributed by atoms with Crippen LogP contribution in [-0.4, -0.2) is 5.91 Å². The number of carbonyl (C=O) groups is 1. The summed E-state index contributed by atoms with van der Waals surface area (Å²) in [5.74, 6) is -0.285. The first-order chi connectivity index (χ1) is 5.83. The normalized spacial score (nSPS) is 21.1. The third-order valence-electron chi connectivity index (χ3n) is 2.17. The van der Waals surface area contributed by atoms with Crippen LogP contribution in [0, 0.1) is 0 Å². The van der Waals surface area contributed by atoms with Crippen molar-refractivity contribution in [3.05, 3.63) is 35.4 Å². The second-order valence-electron chi connectivity index (χ2n) is 2.82. The molecule has 0 aliphatic heterocycles. The highest BCUT2D eigenvalue weighted by Gasteiger charge is 2.29. The van der Waals surface area contributed by atoms with E-state index in [-0.39, 0.29) is 11.8 Å². The van der Waals surface area contributed by atoms with E-state index in [4.69, 9.17) is 1.41 Å². The van der Waals surface area contributed by atoms with Crippen molar-refractivity contribution < 1.29 is 6.21 Å². The molecule has 0 spiro atoms. The van der Waals surface area contributed by atoms with E-state index in [1.165, 1.54) is 5.56 Å². The first-order valence-corrected chi connectivity index (χ1v) is 3.62. The second-order valence-corrected chi connectivity index (χ2v) is 2.82. The van der Waals surface area contributed by atoms with Crippen LogP contribution in [0.5, 0.6) is 0 Å². The Morgan fingerprint density at radius 3 is 3.18 bits per heavy atom. The predicted molar refractivity (Wildman–Crippen MR) is 42.1 cm³/mol. The molecule has 0 radical (unpaired) electrons. The maximum absolute atomic E-state index is 11.1. The quantitative estimate of drug-likeness (QED) is 0.629. The first kappa shape index (κ1) is 5.35. The molecule has 0 fully saturated rings. The van der Waals surface area contributed by atoms with Gasteiger partial charge in [-0.15, -0.1) is 0 Å². The van der Waals surface area contributed by atoms with Gasteiger partial charge in [-0.2, -0.15) is 0 Å². The molecule has 2 N–H and O–H groups in total. The van der Waals surface area contributed by atoms with Gasteiger partial charge in [0.25, 0.3) is 0 Å². The van der Waals surface area contributed by atoms with Gasteiger partial charge in [-0.25, -0.2) is 0 Å². The molecular formula is C9H9NO. The van der Waals surface area contributed by atoms with Crippen molar-refractivity contribution in [1.29, 1.82) is 0 Å². The lowest BCUT2D eigenvalue weighted by Gasteiger charge is -2.26. The molecule has 1 aromatic carbocycles. The summed E-state index contributed by atoms with van der Waals surface area (Å²) in [5, 5.41) is 0. The second kappa shape index (κ2) is 2.09. The van der Waals surface area contributed by atoms with Crippen molar-refractivity contribution in [1.82, 2.24) is 0 Å². The molecule has 1 atom stereocenters. The highest BCUT2D eigenvalue weighted by atomic mass is 16.1. The van der Waals surface area contributed by atoms with Gasteiger partial charge < -0.3 is 5.73 Å². The molecule has 2 heteroatoms. The zero-order valence-electron chi connectivity index (χ0n) is 7.00. The average Bonchev–Trinajstić information content (AvgIpc) is 2.07. The van der Waals surface area contributed by atoms with Crippen LogP contribution in [0.3, 0.4) is 0 Å². The fourth-order valence-corrected chi connectivity index (χ4v) is 1.49. The zero-order chi connectivity index (χ0) is 8.55. The summed E-state index contributed by atoms with van der Waals surface area (Å²) in [6.45, 7) is 0. The van der Waals surface area contributed by atoms with Gasteiger partial charge in [-0.3, -0.25) is 4.79 Å². The van der Waals surface area contributed by atoms with Crippen LogP contribution in [0.4, 0.5) is 0 Å². The standard InChI is InChI=1S/C9H9NO/c10-9(11)8-5-6-3-1-2-4-7(6)8/h1-4,8H,5H2,(H2,10,11)/i/hD. The molecule has 1 aliphatic carbocycles. The minimum atomic E-state index is -0.200. The summed E-state index contributed by atoms with van der Waals surface area (Å²) in [7, 11) is 0. The molecule has 2 nitrogen and oxygen atoms in total. The summed E-state index contributed by atoms with van der Waals surface area (Å²) in [4.78, 5) is 11.1. The van der Waals surface area contributed by atoms with Crippen LogP contribution in [0.2, 0.25) is 1.41 Å². The SMILES string of the molecule is [2H]NC(=O)C1Cc2ccccc21. The van der Waals surface area contributed by atoms with E-state index in [1.807, 2.05) is 30.0 Å². The maximum atomic E-state index is 11.1. The van der Waals surface area contributed by atoms with Gasteiger partial charge in [-0.1, -0.05) is 24.3 Å². The fourth-order valence-electron chi connectivity index (χ4n) is 1.49. The maximum Gasteiger partial charge on any atom is 0.225 e. The Labute approximate surface area is 66.5 Å². The minimum Gasteiger partial charge on any atom is -0.369 e. The Kier molecular flexibility index (Phi) is 1.02. The molecule has 0 saturated heterocycles. The summed E-state index contributed by atoms with van der Waals surface area (Å²) < 4.78 is 6.72. The lowest BCUT2D eigenvalue weighted by atomic mass is 9.77. The lowest BCUT2D eigenvalue weighted by molar-refractivity contribution is -0.119. The van der Waals surface area contributed by atoms with Gasteiger partial charge in [0.1, 0.15) is 0 Å². The predicted octanol–water partition coefficient (Wildman–Crippen LogP) is 0.812. The van der Waals surface area contributed by atoms with E-state index in [0.29, 0.717) is 0 Å². The van der Waals surface area contributed by atoms with Crippen molar-refractivity contribution in [3.63, 3.8) is 0 Å². The monoisotopic (exact) mass is 148 g/mol. The third-order valence-corrected chi connectivity index (χ3v) is 2.17. The van der Waals surface area contributed by atoms with Crippen LogP contribution >= 0.6 is 0 Å². The number of primary amides is 1.